The zero-order chi connectivity index (χ0) is 21.6. The molecule has 9 heteroatoms. The van der Waals surface area contributed by atoms with Gasteiger partial charge in [0, 0.05) is 30.4 Å². The van der Waals surface area contributed by atoms with Gasteiger partial charge in [-0.1, -0.05) is 12.1 Å². The summed E-state index contributed by atoms with van der Waals surface area (Å²) in [6.45, 7) is -0.128. The Morgan fingerprint density at radius 1 is 1.06 bits per heavy atom. The first kappa shape index (κ1) is 20.1. The third kappa shape index (κ3) is 4.19. The van der Waals surface area contributed by atoms with Crippen molar-refractivity contribution in [3.63, 3.8) is 0 Å². The van der Waals surface area contributed by atoms with Crippen LogP contribution >= 0.6 is 0 Å². The van der Waals surface area contributed by atoms with Crippen molar-refractivity contribution in [2.75, 3.05) is 6.54 Å². The largest absolute Gasteiger partial charge is 0.406 e. The van der Waals surface area contributed by atoms with E-state index < -0.39 is 18.3 Å². The first-order chi connectivity index (χ1) is 14.9. The second-order valence-corrected chi connectivity index (χ2v) is 8.35. The molecule has 3 aromatic rings. The van der Waals surface area contributed by atoms with Gasteiger partial charge >= 0.3 is 6.18 Å². The third-order valence-electron chi connectivity index (χ3n) is 5.94. The third-order valence-corrected chi connectivity index (χ3v) is 5.94. The maximum absolute atomic E-state index is 13.3. The molecule has 1 unspecified atom stereocenters. The molecule has 0 spiro atoms. The van der Waals surface area contributed by atoms with Crippen LogP contribution in [0, 0.1) is 0 Å². The van der Waals surface area contributed by atoms with Gasteiger partial charge in [-0.15, -0.1) is 0 Å². The van der Waals surface area contributed by atoms with Crippen molar-refractivity contribution in [2.45, 2.75) is 56.9 Å². The molecule has 1 saturated carbocycles. The normalized spacial score (nSPS) is 19.9. The number of rotatable bonds is 5. The van der Waals surface area contributed by atoms with Crippen LogP contribution < -0.4 is 5.56 Å². The van der Waals surface area contributed by atoms with Crippen LogP contribution in [0.15, 0.2) is 41.5 Å². The number of hydrogen-bond acceptors (Lipinski definition) is 5. The molecule has 5 rings (SSSR count). The van der Waals surface area contributed by atoms with Crippen molar-refractivity contribution >= 4 is 10.9 Å². The highest BCUT2D eigenvalue weighted by atomic mass is 19.4. The van der Waals surface area contributed by atoms with E-state index in [4.69, 9.17) is 0 Å². The molecule has 6 nitrogen and oxygen atoms in total. The molecule has 0 radical (unpaired) electrons. The summed E-state index contributed by atoms with van der Waals surface area (Å²) >= 11 is 0. The molecule has 1 aliphatic carbocycles. The van der Waals surface area contributed by atoms with Crippen LogP contribution in [-0.2, 0) is 13.1 Å². The highest BCUT2D eigenvalue weighted by molar-refractivity contribution is 5.77. The number of para-hydroxylation sites is 1. The summed E-state index contributed by atoms with van der Waals surface area (Å²) in [7, 11) is 0. The van der Waals surface area contributed by atoms with Crippen molar-refractivity contribution < 1.29 is 13.2 Å². The van der Waals surface area contributed by atoms with E-state index in [0.717, 1.165) is 35.2 Å². The van der Waals surface area contributed by atoms with Gasteiger partial charge < -0.3 is 0 Å². The van der Waals surface area contributed by atoms with E-state index in [0.29, 0.717) is 30.9 Å². The second kappa shape index (κ2) is 7.71. The summed E-state index contributed by atoms with van der Waals surface area (Å²) < 4.78 is 40.8. The lowest BCUT2D eigenvalue weighted by Crippen LogP contribution is -2.35. The molecule has 3 heterocycles. The zero-order valence-electron chi connectivity index (χ0n) is 16.8. The topological polar surface area (TPSA) is 63.9 Å². The highest BCUT2D eigenvalue weighted by Crippen LogP contribution is 2.38. The summed E-state index contributed by atoms with van der Waals surface area (Å²) in [5.74, 6) is 1.50. The molecule has 2 aromatic heterocycles. The van der Waals surface area contributed by atoms with Crippen LogP contribution in [0.4, 0.5) is 13.2 Å². The van der Waals surface area contributed by atoms with Gasteiger partial charge in [0.15, 0.2) is 0 Å². The summed E-state index contributed by atoms with van der Waals surface area (Å²) in [6, 6.07) is 6.19. The summed E-state index contributed by atoms with van der Waals surface area (Å²) in [5, 5.41) is 0.198. The standard InChI is InChI=1S/C22H22F3N5O/c23-22(24,25)13-30-20(28-17-5-2-1-4-16(17)21(30)31)18-6-3-9-29(18)12-14-10-26-19(27-11-14)15-7-8-15/h1-2,4-5,10-11,15,18H,3,6-9,12-13H2. The van der Waals surface area contributed by atoms with Crippen LogP contribution in [0.3, 0.4) is 0 Å². The lowest BCUT2D eigenvalue weighted by atomic mass is 10.1. The van der Waals surface area contributed by atoms with E-state index in [9.17, 15) is 18.0 Å². The number of benzene rings is 1. The van der Waals surface area contributed by atoms with Crippen LogP contribution in [-0.4, -0.2) is 37.1 Å². The smallest absolute Gasteiger partial charge is 0.289 e. The lowest BCUT2D eigenvalue weighted by Gasteiger charge is -2.26. The summed E-state index contributed by atoms with van der Waals surface area (Å²) in [5.41, 5.74) is 0.675. The quantitative estimate of drug-likeness (QED) is 0.614. The van der Waals surface area contributed by atoms with Crippen LogP contribution in [0.25, 0.3) is 10.9 Å². The van der Waals surface area contributed by atoms with Gasteiger partial charge in [0.05, 0.1) is 16.9 Å². The van der Waals surface area contributed by atoms with Crippen LogP contribution in [0.1, 0.15) is 54.9 Å². The van der Waals surface area contributed by atoms with Gasteiger partial charge in [0.25, 0.3) is 5.56 Å². The fourth-order valence-electron chi connectivity index (χ4n) is 4.31. The Kier molecular flexibility index (Phi) is 5.00. The first-order valence-electron chi connectivity index (χ1n) is 10.5. The average Bonchev–Trinajstić information content (AvgIpc) is 3.49. The van der Waals surface area contributed by atoms with Gasteiger partial charge in [0.2, 0.25) is 0 Å². The van der Waals surface area contributed by atoms with E-state index in [1.807, 2.05) is 0 Å². The SMILES string of the molecule is O=c1c2ccccc2nc(C2CCCN2Cc2cnc(C3CC3)nc2)n1CC(F)(F)F. The molecule has 1 atom stereocenters. The Morgan fingerprint density at radius 3 is 2.52 bits per heavy atom. The van der Waals surface area contributed by atoms with E-state index in [2.05, 4.69) is 19.9 Å². The molecule has 1 aromatic carbocycles. The summed E-state index contributed by atoms with van der Waals surface area (Å²) in [6.07, 6.45) is 2.79. The Hall–Kier alpha value is -2.81. The molecular formula is C22H22F3N5O. The minimum Gasteiger partial charge on any atom is -0.289 e. The predicted octanol–water partition coefficient (Wildman–Crippen LogP) is 3.96. The monoisotopic (exact) mass is 429 g/mol. The number of nitrogens with zero attached hydrogens (tertiary/aromatic N) is 5. The molecule has 0 N–H and O–H groups in total. The Balaban J connectivity index is 1.50. The summed E-state index contributed by atoms with van der Waals surface area (Å²) in [4.78, 5) is 28.4. The van der Waals surface area contributed by atoms with Crippen LogP contribution in [0.5, 0.6) is 0 Å². The van der Waals surface area contributed by atoms with E-state index in [1.54, 1.807) is 30.6 Å². The molecular weight excluding hydrogens is 407 g/mol. The maximum atomic E-state index is 13.3. The molecule has 2 fully saturated rings. The molecule has 2 aliphatic rings. The predicted molar refractivity (Wildman–Crippen MR) is 108 cm³/mol. The molecule has 1 saturated heterocycles. The number of alkyl halides is 3. The fraction of sp³-hybridized carbons (Fsp3) is 0.455. The van der Waals surface area contributed by atoms with Gasteiger partial charge in [-0.05, 0) is 44.4 Å². The molecule has 1 aliphatic heterocycles. The van der Waals surface area contributed by atoms with E-state index >= 15 is 0 Å². The molecule has 162 valence electrons. The number of halogens is 3. The zero-order valence-corrected chi connectivity index (χ0v) is 16.8. The Labute approximate surface area is 176 Å². The fourth-order valence-corrected chi connectivity index (χ4v) is 4.31. The van der Waals surface area contributed by atoms with Crippen molar-refractivity contribution in [1.82, 2.24) is 24.4 Å². The minimum absolute atomic E-state index is 0.175. The number of hydrogen-bond donors (Lipinski definition) is 0. The van der Waals surface area contributed by atoms with Gasteiger partial charge in [-0.25, -0.2) is 15.0 Å². The van der Waals surface area contributed by atoms with Crippen molar-refractivity contribution in [2.24, 2.45) is 0 Å². The number of aromatic nitrogens is 4. The second-order valence-electron chi connectivity index (χ2n) is 8.35. The highest BCUT2D eigenvalue weighted by Gasteiger charge is 2.35. The van der Waals surface area contributed by atoms with Crippen molar-refractivity contribution in [1.29, 1.82) is 0 Å². The van der Waals surface area contributed by atoms with Gasteiger partial charge in [0.1, 0.15) is 18.2 Å². The Morgan fingerprint density at radius 2 is 1.81 bits per heavy atom. The number of likely N-dealkylation sites (tertiary alicyclic amines) is 1. The lowest BCUT2D eigenvalue weighted by molar-refractivity contribution is -0.142. The number of fused-ring (bicyclic) bond motifs is 1. The first-order valence-corrected chi connectivity index (χ1v) is 10.5. The van der Waals surface area contributed by atoms with E-state index in [-0.39, 0.29) is 17.3 Å². The maximum Gasteiger partial charge on any atom is 0.406 e. The molecule has 31 heavy (non-hydrogen) atoms. The van der Waals surface area contributed by atoms with Crippen molar-refractivity contribution in [3.05, 3.63) is 64.2 Å². The van der Waals surface area contributed by atoms with E-state index in [1.165, 1.54) is 6.07 Å². The minimum atomic E-state index is -4.52. The molecule has 0 bridgehead atoms. The molecule has 0 amide bonds. The van der Waals surface area contributed by atoms with Gasteiger partial charge in [-0.3, -0.25) is 14.3 Å². The van der Waals surface area contributed by atoms with Crippen LogP contribution in [0.2, 0.25) is 0 Å². The van der Waals surface area contributed by atoms with Gasteiger partial charge in [-0.2, -0.15) is 13.2 Å². The Bertz CT molecular complexity index is 1150. The van der Waals surface area contributed by atoms with Crippen molar-refractivity contribution in [3.8, 4) is 0 Å². The average molecular weight is 429 g/mol.